The summed E-state index contributed by atoms with van der Waals surface area (Å²) >= 11 is 0. The third-order valence-electron chi connectivity index (χ3n) is 4.08. The molecule has 0 aliphatic carbocycles. The number of rotatable bonds is 5. The number of hydrogen-bond donors (Lipinski definition) is 1. The Balaban J connectivity index is 2.06. The number of aromatic nitrogens is 2. The lowest BCUT2D eigenvalue weighted by Gasteiger charge is -2.13. The van der Waals surface area contributed by atoms with Gasteiger partial charge in [0.25, 0.3) is 5.91 Å². The van der Waals surface area contributed by atoms with Crippen LogP contribution in [-0.4, -0.2) is 29.9 Å². The van der Waals surface area contributed by atoms with Gasteiger partial charge in [-0.1, -0.05) is 24.3 Å². The fourth-order valence-corrected chi connectivity index (χ4v) is 3.55. The van der Waals surface area contributed by atoms with E-state index in [2.05, 4.69) is 10.4 Å². The highest BCUT2D eigenvalue weighted by atomic mass is 32.2. The summed E-state index contributed by atoms with van der Waals surface area (Å²) < 4.78 is 64.7. The first-order valence-corrected chi connectivity index (χ1v) is 9.96. The van der Waals surface area contributed by atoms with Crippen LogP contribution >= 0.6 is 0 Å². The Morgan fingerprint density at radius 1 is 1.10 bits per heavy atom. The molecular formula is C19H14F3N3O4S. The highest BCUT2D eigenvalue weighted by Gasteiger charge is 2.30. The average Bonchev–Trinajstić information content (AvgIpc) is 2.69. The third kappa shape index (κ3) is 3.96. The summed E-state index contributed by atoms with van der Waals surface area (Å²) in [7, 11) is -5.01. The summed E-state index contributed by atoms with van der Waals surface area (Å²) in [6, 6.07) is 11.1. The monoisotopic (exact) mass is 437 g/mol. The molecule has 1 N–H and O–H groups in total. The molecule has 156 valence electrons. The van der Waals surface area contributed by atoms with Crippen molar-refractivity contribution in [3.63, 3.8) is 0 Å². The van der Waals surface area contributed by atoms with Crippen LogP contribution in [0.1, 0.15) is 16.2 Å². The Labute approximate surface area is 168 Å². The van der Waals surface area contributed by atoms with Crippen molar-refractivity contribution in [3.05, 3.63) is 82.0 Å². The van der Waals surface area contributed by atoms with Gasteiger partial charge in [0.1, 0.15) is 11.5 Å². The molecule has 0 unspecified atom stereocenters. The Morgan fingerprint density at radius 3 is 2.40 bits per heavy atom. The van der Waals surface area contributed by atoms with E-state index < -0.39 is 49.0 Å². The normalized spacial score (nSPS) is 11.5. The van der Waals surface area contributed by atoms with Gasteiger partial charge in [-0.25, -0.2) is 17.5 Å². The maximum absolute atomic E-state index is 14.1. The molecule has 2 aromatic carbocycles. The molecule has 0 spiro atoms. The molecule has 0 bridgehead atoms. The summed E-state index contributed by atoms with van der Waals surface area (Å²) in [5.41, 5.74) is -1.71. The smallest absolute Gasteiger partial charge is 0.319 e. The summed E-state index contributed by atoms with van der Waals surface area (Å²) in [4.78, 5) is 24.1. The van der Waals surface area contributed by atoms with E-state index in [0.29, 0.717) is 0 Å². The molecule has 1 amide bonds. The molecule has 1 aromatic heterocycles. The first-order chi connectivity index (χ1) is 14.1. The summed E-state index contributed by atoms with van der Waals surface area (Å²) in [6.45, 7) is 1.48. The van der Waals surface area contributed by atoms with Crippen molar-refractivity contribution in [1.29, 1.82) is 0 Å². The number of nitrogens with zero attached hydrogens (tertiary/aromatic N) is 2. The Hall–Kier alpha value is -3.47. The minimum Gasteiger partial charge on any atom is -0.319 e. The Bertz CT molecular complexity index is 1290. The van der Waals surface area contributed by atoms with Gasteiger partial charge in [0, 0.05) is 11.8 Å². The maximum atomic E-state index is 14.1. The number of anilines is 1. The van der Waals surface area contributed by atoms with Gasteiger partial charge in [-0.2, -0.15) is 13.9 Å². The second kappa shape index (κ2) is 8.11. The molecule has 0 aliphatic rings. The van der Waals surface area contributed by atoms with Crippen LogP contribution in [0.25, 0.3) is 5.69 Å². The number of para-hydroxylation sites is 2. The van der Waals surface area contributed by atoms with E-state index in [4.69, 9.17) is 0 Å². The number of sulfone groups is 1. The zero-order chi connectivity index (χ0) is 22.1. The van der Waals surface area contributed by atoms with Crippen molar-refractivity contribution in [2.45, 2.75) is 17.6 Å². The Kier molecular flexibility index (Phi) is 5.74. The largest absolute Gasteiger partial charge is 0.341 e. The molecule has 0 atom stereocenters. The van der Waals surface area contributed by atoms with Crippen LogP contribution in [0.4, 0.5) is 18.9 Å². The number of carbonyl (C=O) groups is 1. The molecule has 30 heavy (non-hydrogen) atoms. The lowest BCUT2D eigenvalue weighted by molar-refractivity contribution is 0.101. The molecule has 0 saturated heterocycles. The standard InChI is InChI=1S/C19H14F3N3O4S/c1-11-10-15(26)17(24-25(11)14-8-4-2-6-12(14)20)18(27)23-13-7-3-5-9-16(13)30(28,29)19(21)22/h2-10,19H,1H3,(H,23,27). The molecule has 1 heterocycles. The lowest BCUT2D eigenvalue weighted by Crippen LogP contribution is -2.27. The van der Waals surface area contributed by atoms with Crippen molar-refractivity contribution >= 4 is 21.4 Å². The number of amides is 1. The number of halogens is 3. The van der Waals surface area contributed by atoms with Gasteiger partial charge < -0.3 is 5.32 Å². The van der Waals surface area contributed by atoms with Crippen molar-refractivity contribution < 1.29 is 26.4 Å². The number of aryl methyl sites for hydroxylation is 1. The molecule has 0 aliphatic heterocycles. The van der Waals surface area contributed by atoms with Gasteiger partial charge in [0.2, 0.25) is 15.3 Å². The van der Waals surface area contributed by atoms with Crippen molar-refractivity contribution in [2.24, 2.45) is 0 Å². The minimum absolute atomic E-state index is 0.0234. The van der Waals surface area contributed by atoms with Crippen molar-refractivity contribution in [2.75, 3.05) is 5.32 Å². The zero-order valence-electron chi connectivity index (χ0n) is 15.3. The molecule has 7 nitrogen and oxygen atoms in total. The molecule has 3 rings (SSSR count). The molecule has 0 fully saturated rings. The first-order valence-electron chi connectivity index (χ1n) is 8.41. The summed E-state index contributed by atoms with van der Waals surface area (Å²) in [5, 5.41) is 6.00. The molecule has 11 heteroatoms. The van der Waals surface area contributed by atoms with E-state index in [1.165, 1.54) is 43.3 Å². The zero-order valence-corrected chi connectivity index (χ0v) is 16.2. The first kappa shape index (κ1) is 21.2. The number of hydrogen-bond acceptors (Lipinski definition) is 5. The molecule has 3 aromatic rings. The number of benzene rings is 2. The van der Waals surface area contributed by atoms with Crippen LogP contribution in [0.2, 0.25) is 0 Å². The molecule has 0 radical (unpaired) electrons. The summed E-state index contributed by atoms with van der Waals surface area (Å²) in [6.07, 6.45) is 0. The van der Waals surface area contributed by atoms with E-state index in [-0.39, 0.29) is 11.4 Å². The predicted molar refractivity (Wildman–Crippen MR) is 102 cm³/mol. The average molecular weight is 437 g/mol. The van der Waals surface area contributed by atoms with E-state index in [1.807, 2.05) is 0 Å². The van der Waals surface area contributed by atoms with Crippen LogP contribution in [-0.2, 0) is 9.84 Å². The minimum atomic E-state index is -5.01. The van der Waals surface area contributed by atoms with Gasteiger partial charge in [-0.05, 0) is 31.2 Å². The van der Waals surface area contributed by atoms with Crippen LogP contribution in [0.5, 0.6) is 0 Å². The topological polar surface area (TPSA) is 98.1 Å². The number of carbonyl (C=O) groups excluding carboxylic acids is 1. The summed E-state index contributed by atoms with van der Waals surface area (Å²) in [5.74, 6) is -5.50. The van der Waals surface area contributed by atoms with Crippen LogP contribution in [0.3, 0.4) is 0 Å². The van der Waals surface area contributed by atoms with Gasteiger partial charge in [0.15, 0.2) is 5.69 Å². The molecular weight excluding hydrogens is 423 g/mol. The van der Waals surface area contributed by atoms with Gasteiger partial charge >= 0.3 is 5.76 Å². The van der Waals surface area contributed by atoms with E-state index >= 15 is 0 Å². The SMILES string of the molecule is Cc1cc(=O)c(C(=O)Nc2ccccc2S(=O)(=O)C(F)F)nn1-c1ccccc1F. The van der Waals surface area contributed by atoms with E-state index in [0.717, 1.165) is 22.9 Å². The van der Waals surface area contributed by atoms with Crippen LogP contribution in [0, 0.1) is 12.7 Å². The fraction of sp³-hybridized carbons (Fsp3) is 0.105. The van der Waals surface area contributed by atoms with Crippen molar-refractivity contribution in [1.82, 2.24) is 9.78 Å². The molecule has 0 saturated carbocycles. The quantitative estimate of drug-likeness (QED) is 0.662. The maximum Gasteiger partial charge on any atom is 0.341 e. The second-order valence-electron chi connectivity index (χ2n) is 6.12. The predicted octanol–water partition coefficient (Wildman–Crippen LogP) is 2.93. The number of nitrogens with one attached hydrogen (secondary N) is 1. The van der Waals surface area contributed by atoms with E-state index in [1.54, 1.807) is 0 Å². The van der Waals surface area contributed by atoms with Crippen molar-refractivity contribution in [3.8, 4) is 5.69 Å². The van der Waals surface area contributed by atoms with Crippen LogP contribution < -0.4 is 10.7 Å². The number of alkyl halides is 2. The van der Waals surface area contributed by atoms with Gasteiger partial charge in [-0.15, -0.1) is 0 Å². The van der Waals surface area contributed by atoms with Gasteiger partial charge in [-0.3, -0.25) is 9.59 Å². The second-order valence-corrected chi connectivity index (χ2v) is 8.00. The third-order valence-corrected chi connectivity index (χ3v) is 5.52. The Morgan fingerprint density at radius 2 is 1.73 bits per heavy atom. The lowest BCUT2D eigenvalue weighted by atomic mass is 10.2. The highest BCUT2D eigenvalue weighted by Crippen LogP contribution is 2.26. The van der Waals surface area contributed by atoms with E-state index in [9.17, 15) is 31.2 Å². The highest BCUT2D eigenvalue weighted by molar-refractivity contribution is 7.91. The van der Waals surface area contributed by atoms with Gasteiger partial charge in [0.05, 0.1) is 10.6 Å². The fourth-order valence-electron chi connectivity index (χ4n) is 2.67. The van der Waals surface area contributed by atoms with Crippen LogP contribution in [0.15, 0.2) is 64.3 Å².